The normalized spacial score (nSPS) is 19.5. The number of benzene rings is 1. The number of fused-ring (bicyclic) bond motifs is 1. The Kier molecular flexibility index (Phi) is 5.03. The average Bonchev–Trinajstić information content (AvgIpc) is 2.52. The van der Waals surface area contributed by atoms with Crippen molar-refractivity contribution in [3.05, 3.63) is 34.4 Å². The molecular weight excluding hydrogens is 298 g/mol. The largest absolute Gasteiger partial charge is 0.366 e. The van der Waals surface area contributed by atoms with E-state index < -0.39 is 0 Å². The predicted molar refractivity (Wildman–Crippen MR) is 99.0 cm³/mol. The summed E-state index contributed by atoms with van der Waals surface area (Å²) in [6.07, 6.45) is 2.78. The third-order valence-corrected chi connectivity index (χ3v) is 4.98. The van der Waals surface area contributed by atoms with Gasteiger partial charge in [-0.05, 0) is 74.9 Å². The van der Waals surface area contributed by atoms with Crippen molar-refractivity contribution in [1.82, 2.24) is 5.32 Å². The number of aryl methyl sites for hydroxylation is 1. The molecular formula is C20H27N3O. The van der Waals surface area contributed by atoms with E-state index in [2.05, 4.69) is 50.0 Å². The maximum absolute atomic E-state index is 11.8. The summed E-state index contributed by atoms with van der Waals surface area (Å²) < 4.78 is 0. The SMILES string of the molecule is CCN1c2cc(C)c(/C=C(/C#N)C(=O)NC)cc2[C@@H](C)CC1(C)C. The van der Waals surface area contributed by atoms with Crippen LogP contribution in [0.15, 0.2) is 17.7 Å². The molecule has 1 atom stereocenters. The van der Waals surface area contributed by atoms with Gasteiger partial charge in [0.2, 0.25) is 0 Å². The minimum Gasteiger partial charge on any atom is -0.366 e. The highest BCUT2D eigenvalue weighted by molar-refractivity contribution is 6.01. The smallest absolute Gasteiger partial charge is 0.261 e. The van der Waals surface area contributed by atoms with Crippen LogP contribution in [0.3, 0.4) is 0 Å². The first-order valence-electron chi connectivity index (χ1n) is 8.51. The van der Waals surface area contributed by atoms with Crippen molar-refractivity contribution in [3.63, 3.8) is 0 Å². The molecule has 0 spiro atoms. The van der Waals surface area contributed by atoms with E-state index in [9.17, 15) is 10.1 Å². The van der Waals surface area contributed by atoms with Gasteiger partial charge in [0, 0.05) is 24.8 Å². The number of nitriles is 1. The monoisotopic (exact) mass is 325 g/mol. The van der Waals surface area contributed by atoms with Gasteiger partial charge in [-0.3, -0.25) is 4.79 Å². The van der Waals surface area contributed by atoms with Crippen LogP contribution >= 0.6 is 0 Å². The summed E-state index contributed by atoms with van der Waals surface area (Å²) in [6.45, 7) is 12.0. The molecule has 2 rings (SSSR count). The minimum absolute atomic E-state index is 0.130. The number of carbonyl (C=O) groups excluding carboxylic acids is 1. The van der Waals surface area contributed by atoms with Crippen LogP contribution in [0.5, 0.6) is 0 Å². The number of rotatable bonds is 3. The summed E-state index contributed by atoms with van der Waals surface area (Å²) in [7, 11) is 1.54. The van der Waals surface area contributed by atoms with E-state index in [4.69, 9.17) is 0 Å². The highest BCUT2D eigenvalue weighted by Crippen LogP contribution is 2.44. The molecule has 1 aromatic rings. The van der Waals surface area contributed by atoms with E-state index >= 15 is 0 Å². The second-order valence-electron chi connectivity index (χ2n) is 7.18. The van der Waals surface area contributed by atoms with Crippen LogP contribution in [0.4, 0.5) is 5.69 Å². The van der Waals surface area contributed by atoms with Gasteiger partial charge in [0.15, 0.2) is 0 Å². The highest BCUT2D eigenvalue weighted by atomic mass is 16.1. The fraction of sp³-hybridized carbons (Fsp3) is 0.500. The minimum atomic E-state index is -0.348. The zero-order valence-electron chi connectivity index (χ0n) is 15.5. The number of hydrogen-bond donors (Lipinski definition) is 1. The van der Waals surface area contributed by atoms with Crippen molar-refractivity contribution in [1.29, 1.82) is 5.26 Å². The second-order valence-corrected chi connectivity index (χ2v) is 7.18. The van der Waals surface area contributed by atoms with Crippen LogP contribution in [-0.4, -0.2) is 25.0 Å². The van der Waals surface area contributed by atoms with Crippen molar-refractivity contribution >= 4 is 17.7 Å². The molecule has 0 saturated carbocycles. The molecule has 4 heteroatoms. The third kappa shape index (κ3) is 3.17. The van der Waals surface area contributed by atoms with E-state index in [1.54, 1.807) is 6.08 Å². The molecule has 1 N–H and O–H groups in total. The molecule has 0 unspecified atom stereocenters. The summed E-state index contributed by atoms with van der Waals surface area (Å²) in [4.78, 5) is 14.2. The van der Waals surface area contributed by atoms with Crippen molar-refractivity contribution in [2.24, 2.45) is 0 Å². The van der Waals surface area contributed by atoms with Gasteiger partial charge in [-0.15, -0.1) is 0 Å². The Morgan fingerprint density at radius 2 is 2.17 bits per heavy atom. The quantitative estimate of drug-likeness (QED) is 0.680. The standard InChI is InChI=1S/C20H27N3O/c1-7-23-18-8-13(2)15(9-16(12-21)19(24)22-6)10-17(18)14(3)11-20(23,4)5/h8-10,14H,7,11H2,1-6H3,(H,22,24)/b16-9-/t14-/m0/s1. The molecule has 128 valence electrons. The first kappa shape index (κ1) is 18.1. The number of likely N-dealkylation sites (N-methyl/N-ethyl adjacent to an activating group) is 1. The second kappa shape index (κ2) is 6.68. The molecule has 1 heterocycles. The molecule has 0 fully saturated rings. The lowest BCUT2D eigenvalue weighted by molar-refractivity contribution is -0.116. The van der Waals surface area contributed by atoms with Gasteiger partial charge in [-0.1, -0.05) is 6.92 Å². The van der Waals surface area contributed by atoms with Crippen molar-refractivity contribution in [2.75, 3.05) is 18.5 Å². The molecule has 1 aliphatic rings. The van der Waals surface area contributed by atoms with E-state index in [-0.39, 0.29) is 17.0 Å². The lowest BCUT2D eigenvalue weighted by Crippen LogP contribution is -2.48. The maximum Gasteiger partial charge on any atom is 0.261 e. The molecule has 0 aromatic heterocycles. The van der Waals surface area contributed by atoms with Crippen LogP contribution in [-0.2, 0) is 4.79 Å². The van der Waals surface area contributed by atoms with Crippen LogP contribution in [0.1, 0.15) is 56.7 Å². The molecule has 1 aromatic carbocycles. The zero-order chi connectivity index (χ0) is 18.1. The van der Waals surface area contributed by atoms with Gasteiger partial charge >= 0.3 is 0 Å². The Morgan fingerprint density at radius 3 is 2.71 bits per heavy atom. The molecule has 0 bridgehead atoms. The Labute approximate surface area is 145 Å². The van der Waals surface area contributed by atoms with Gasteiger partial charge < -0.3 is 10.2 Å². The summed E-state index contributed by atoms with van der Waals surface area (Å²) in [6, 6.07) is 6.33. The van der Waals surface area contributed by atoms with Crippen LogP contribution in [0, 0.1) is 18.3 Å². The summed E-state index contributed by atoms with van der Waals surface area (Å²) in [5.74, 6) is 0.0927. The van der Waals surface area contributed by atoms with Gasteiger partial charge in [-0.25, -0.2) is 0 Å². The molecule has 1 amide bonds. The number of anilines is 1. The highest BCUT2D eigenvalue weighted by Gasteiger charge is 2.35. The summed E-state index contributed by atoms with van der Waals surface area (Å²) in [5, 5.41) is 11.7. The maximum atomic E-state index is 11.8. The Hall–Kier alpha value is -2.28. The number of amides is 1. The van der Waals surface area contributed by atoms with Gasteiger partial charge in [0.1, 0.15) is 11.6 Å². The lowest BCUT2D eigenvalue weighted by Gasteiger charge is -2.47. The molecule has 1 aliphatic heterocycles. The van der Waals surface area contributed by atoms with Gasteiger partial charge in [-0.2, -0.15) is 5.26 Å². The Bertz CT molecular complexity index is 725. The fourth-order valence-corrected chi connectivity index (χ4v) is 3.84. The van der Waals surface area contributed by atoms with Gasteiger partial charge in [0.05, 0.1) is 0 Å². The fourth-order valence-electron chi connectivity index (χ4n) is 3.84. The first-order chi connectivity index (χ1) is 11.2. The molecule has 24 heavy (non-hydrogen) atoms. The van der Waals surface area contributed by atoms with E-state index in [1.807, 2.05) is 13.0 Å². The van der Waals surface area contributed by atoms with Crippen molar-refractivity contribution in [2.45, 2.75) is 52.5 Å². The average molecular weight is 325 g/mol. The van der Waals surface area contributed by atoms with Crippen molar-refractivity contribution < 1.29 is 4.79 Å². The number of carbonyl (C=O) groups is 1. The summed E-state index contributed by atoms with van der Waals surface area (Å²) in [5.41, 5.74) is 4.85. The van der Waals surface area contributed by atoms with Gasteiger partial charge in [0.25, 0.3) is 5.91 Å². The molecule has 0 saturated heterocycles. The predicted octanol–water partition coefficient (Wildman–Crippen LogP) is 3.76. The third-order valence-electron chi connectivity index (χ3n) is 4.98. The van der Waals surface area contributed by atoms with E-state index in [0.717, 1.165) is 24.1 Å². The van der Waals surface area contributed by atoms with Crippen LogP contribution < -0.4 is 10.2 Å². The summed E-state index contributed by atoms with van der Waals surface area (Å²) >= 11 is 0. The molecule has 0 aliphatic carbocycles. The lowest BCUT2D eigenvalue weighted by atomic mass is 9.79. The molecule has 4 nitrogen and oxygen atoms in total. The first-order valence-corrected chi connectivity index (χ1v) is 8.51. The topological polar surface area (TPSA) is 56.1 Å². The number of hydrogen-bond acceptors (Lipinski definition) is 3. The van der Waals surface area contributed by atoms with E-state index in [0.29, 0.717) is 5.92 Å². The number of nitrogens with zero attached hydrogens (tertiary/aromatic N) is 2. The number of nitrogens with one attached hydrogen (secondary N) is 1. The van der Waals surface area contributed by atoms with Crippen LogP contribution in [0.2, 0.25) is 0 Å². The molecule has 0 radical (unpaired) electrons. The van der Waals surface area contributed by atoms with E-state index in [1.165, 1.54) is 18.3 Å². The van der Waals surface area contributed by atoms with Crippen molar-refractivity contribution in [3.8, 4) is 6.07 Å². The Morgan fingerprint density at radius 1 is 1.50 bits per heavy atom. The zero-order valence-corrected chi connectivity index (χ0v) is 15.5. The Balaban J connectivity index is 2.59. The van der Waals surface area contributed by atoms with Crippen LogP contribution in [0.25, 0.3) is 6.08 Å².